The summed E-state index contributed by atoms with van der Waals surface area (Å²) >= 11 is 0. The summed E-state index contributed by atoms with van der Waals surface area (Å²) < 4.78 is 26.0. The zero-order valence-corrected chi connectivity index (χ0v) is 24.9. The number of Topliss-reactive ketones (excluding diaryl/α,β-unsaturated/α-hetero) is 1. The molecule has 2 atom stereocenters. The molecule has 9 nitrogen and oxygen atoms in total. The number of H-pyrrole nitrogens is 1. The summed E-state index contributed by atoms with van der Waals surface area (Å²) in [5.74, 6) is 1.04. The fraction of sp³-hybridized carbons (Fsp3) is 0.576. The lowest BCUT2D eigenvalue weighted by Crippen LogP contribution is -2.37. The van der Waals surface area contributed by atoms with Gasteiger partial charge in [-0.2, -0.15) is 0 Å². The van der Waals surface area contributed by atoms with Gasteiger partial charge in [-0.25, -0.2) is 14.4 Å². The van der Waals surface area contributed by atoms with Crippen LogP contribution in [0.25, 0.3) is 11.3 Å². The van der Waals surface area contributed by atoms with Gasteiger partial charge in [-0.15, -0.1) is 0 Å². The number of aromatic nitrogens is 3. The highest BCUT2D eigenvalue weighted by Gasteiger charge is 2.58. The smallest absolute Gasteiger partial charge is 0.263 e. The summed E-state index contributed by atoms with van der Waals surface area (Å²) in [5, 5.41) is 3.29. The van der Waals surface area contributed by atoms with Crippen LogP contribution in [0.3, 0.4) is 0 Å². The van der Waals surface area contributed by atoms with E-state index in [1.807, 2.05) is 0 Å². The Bertz CT molecular complexity index is 1390. The summed E-state index contributed by atoms with van der Waals surface area (Å²) in [7, 11) is 0. The highest BCUT2D eigenvalue weighted by atomic mass is 19.1. The number of likely N-dealkylation sites (tertiary alicyclic amines) is 1. The van der Waals surface area contributed by atoms with Gasteiger partial charge in [0.1, 0.15) is 23.7 Å². The number of carbonyl (C=O) groups excluding carboxylic acids is 2. The van der Waals surface area contributed by atoms with Gasteiger partial charge in [-0.05, 0) is 94.6 Å². The zero-order chi connectivity index (χ0) is 29.8. The van der Waals surface area contributed by atoms with Crippen LogP contribution >= 0.6 is 0 Å². The van der Waals surface area contributed by atoms with E-state index in [1.54, 1.807) is 18.3 Å². The predicted octanol–water partition coefficient (Wildman–Crippen LogP) is 6.25. The minimum Gasteiger partial charge on any atom is -0.490 e. The number of hydrogen-bond donors (Lipinski definition) is 2. The number of ketones is 1. The Hall–Kier alpha value is -3.53. The minimum atomic E-state index is -0.356. The van der Waals surface area contributed by atoms with Crippen LogP contribution in [0.1, 0.15) is 100 Å². The molecule has 2 saturated carbocycles. The molecule has 43 heavy (non-hydrogen) atoms. The molecule has 2 aliphatic carbocycles. The van der Waals surface area contributed by atoms with Crippen LogP contribution in [-0.2, 0) is 4.79 Å². The molecule has 230 valence electrons. The van der Waals surface area contributed by atoms with Crippen molar-refractivity contribution in [2.24, 2.45) is 11.3 Å². The molecule has 3 aliphatic rings. The summed E-state index contributed by atoms with van der Waals surface area (Å²) in [6.45, 7) is 5.33. The van der Waals surface area contributed by atoms with Crippen molar-refractivity contribution in [1.82, 2.24) is 25.2 Å². The highest BCUT2D eigenvalue weighted by molar-refractivity contribution is 5.91. The summed E-state index contributed by atoms with van der Waals surface area (Å²) in [4.78, 5) is 40.1. The van der Waals surface area contributed by atoms with E-state index >= 15 is 0 Å². The van der Waals surface area contributed by atoms with Crippen molar-refractivity contribution in [3.05, 3.63) is 54.4 Å². The summed E-state index contributed by atoms with van der Waals surface area (Å²) in [6.07, 6.45) is 14.3. The number of imidazole rings is 1. The van der Waals surface area contributed by atoms with Gasteiger partial charge >= 0.3 is 0 Å². The number of hydrogen-bond acceptors (Lipinski definition) is 7. The van der Waals surface area contributed by atoms with Crippen molar-refractivity contribution in [2.45, 2.75) is 89.7 Å². The molecule has 0 bridgehead atoms. The standard InChI is InChI=1S/C33H42FN5O4/c1-2-39-16-13-33(14-17-39)20-25(33)31(41)38-27(9-4-3-5-10-29(40)32-35-15-18-42-32)30-36-21-28(37-30)24-19-23(11-12-26(24)34)43-22-7-6-8-22/h11-12,15,18-19,21-22,25,27H,2-10,13-14,16-17,20H2,1H3,(H,36,37)(H,38,41)/t25-,27+/m1/s1. The third-order valence-electron chi connectivity index (χ3n) is 9.70. The molecule has 0 unspecified atom stereocenters. The molecular weight excluding hydrogens is 549 g/mol. The summed E-state index contributed by atoms with van der Waals surface area (Å²) in [6, 6.07) is 4.48. The second-order valence-electron chi connectivity index (χ2n) is 12.5. The van der Waals surface area contributed by atoms with Gasteiger partial charge in [0.15, 0.2) is 0 Å². The number of piperidine rings is 1. The van der Waals surface area contributed by atoms with Crippen LogP contribution in [0.15, 0.2) is 41.3 Å². The molecule has 1 amide bonds. The van der Waals surface area contributed by atoms with Crippen LogP contribution in [0, 0.1) is 17.2 Å². The van der Waals surface area contributed by atoms with E-state index in [0.717, 1.165) is 71.0 Å². The Morgan fingerprint density at radius 3 is 2.77 bits per heavy atom. The Kier molecular flexibility index (Phi) is 8.93. The normalized spacial score (nSPS) is 20.5. The number of benzene rings is 1. The van der Waals surface area contributed by atoms with Crippen molar-refractivity contribution in [3.8, 4) is 17.0 Å². The largest absolute Gasteiger partial charge is 0.490 e. The van der Waals surface area contributed by atoms with Crippen LogP contribution in [-0.4, -0.2) is 57.3 Å². The molecule has 10 heteroatoms. The van der Waals surface area contributed by atoms with Crippen LogP contribution in [0.5, 0.6) is 5.75 Å². The first-order valence-electron chi connectivity index (χ1n) is 15.9. The second-order valence-corrected chi connectivity index (χ2v) is 12.5. The molecule has 3 fully saturated rings. The first kappa shape index (κ1) is 29.5. The zero-order valence-electron chi connectivity index (χ0n) is 24.9. The van der Waals surface area contributed by atoms with E-state index in [2.05, 4.69) is 32.1 Å². The van der Waals surface area contributed by atoms with E-state index in [9.17, 15) is 14.0 Å². The number of ether oxygens (including phenoxy) is 1. The van der Waals surface area contributed by atoms with Crippen molar-refractivity contribution in [1.29, 1.82) is 0 Å². The molecule has 3 heterocycles. The topological polar surface area (TPSA) is 113 Å². The Balaban J connectivity index is 1.11. The highest BCUT2D eigenvalue weighted by Crippen LogP contribution is 2.59. The maximum absolute atomic E-state index is 14.9. The molecular formula is C33H42FN5O4. The molecule has 2 aromatic heterocycles. The molecule has 0 radical (unpaired) electrons. The average molecular weight is 592 g/mol. The fourth-order valence-corrected chi connectivity index (χ4v) is 6.53. The van der Waals surface area contributed by atoms with Crippen LogP contribution < -0.4 is 10.1 Å². The third kappa shape index (κ3) is 6.84. The van der Waals surface area contributed by atoms with E-state index in [0.29, 0.717) is 42.1 Å². The minimum absolute atomic E-state index is 0.0274. The molecule has 2 N–H and O–H groups in total. The lowest BCUT2D eigenvalue weighted by molar-refractivity contribution is -0.124. The van der Waals surface area contributed by atoms with Gasteiger partial charge in [0.05, 0.1) is 30.2 Å². The number of oxazole rings is 1. The lowest BCUT2D eigenvalue weighted by Gasteiger charge is -2.32. The molecule has 1 saturated heterocycles. The average Bonchev–Trinajstić information content (AvgIpc) is 3.36. The van der Waals surface area contributed by atoms with Gasteiger partial charge in [0, 0.05) is 17.9 Å². The maximum Gasteiger partial charge on any atom is 0.263 e. The number of nitrogens with one attached hydrogen (secondary N) is 2. The van der Waals surface area contributed by atoms with Gasteiger partial charge in [-0.1, -0.05) is 19.8 Å². The summed E-state index contributed by atoms with van der Waals surface area (Å²) in [5.41, 5.74) is 1.07. The molecule has 3 aromatic rings. The first-order chi connectivity index (χ1) is 20.9. The number of unbranched alkanes of at least 4 members (excludes halogenated alkanes) is 2. The Labute approximate surface area is 252 Å². The number of rotatable bonds is 14. The molecule has 1 aliphatic heterocycles. The van der Waals surface area contributed by atoms with Crippen molar-refractivity contribution in [3.63, 3.8) is 0 Å². The fourth-order valence-electron chi connectivity index (χ4n) is 6.53. The van der Waals surface area contributed by atoms with Crippen molar-refractivity contribution >= 4 is 11.7 Å². The van der Waals surface area contributed by atoms with E-state index < -0.39 is 0 Å². The number of aromatic amines is 1. The number of halogens is 1. The number of amides is 1. The van der Waals surface area contributed by atoms with Gasteiger partial charge in [0.25, 0.3) is 5.89 Å². The molecule has 1 aromatic carbocycles. The van der Waals surface area contributed by atoms with Gasteiger partial charge < -0.3 is 24.4 Å². The van der Waals surface area contributed by atoms with Gasteiger partial charge in [0.2, 0.25) is 11.7 Å². The van der Waals surface area contributed by atoms with E-state index in [1.165, 1.54) is 18.5 Å². The van der Waals surface area contributed by atoms with Crippen molar-refractivity contribution in [2.75, 3.05) is 19.6 Å². The monoisotopic (exact) mass is 591 g/mol. The quantitative estimate of drug-likeness (QED) is 0.168. The van der Waals surface area contributed by atoms with E-state index in [4.69, 9.17) is 9.15 Å². The molecule has 6 rings (SSSR count). The Morgan fingerprint density at radius 2 is 2.05 bits per heavy atom. The second kappa shape index (κ2) is 13.0. The maximum atomic E-state index is 14.9. The van der Waals surface area contributed by atoms with E-state index in [-0.39, 0.29) is 46.9 Å². The lowest BCUT2D eigenvalue weighted by atomic mass is 9.90. The van der Waals surface area contributed by atoms with Gasteiger partial charge in [-0.3, -0.25) is 9.59 Å². The van der Waals surface area contributed by atoms with Crippen LogP contribution in [0.4, 0.5) is 4.39 Å². The first-order valence-corrected chi connectivity index (χ1v) is 15.9. The van der Waals surface area contributed by atoms with Crippen LogP contribution in [0.2, 0.25) is 0 Å². The third-order valence-corrected chi connectivity index (χ3v) is 9.70. The number of carbonyl (C=O) groups is 2. The SMILES string of the molecule is CCN1CCC2(CC1)C[C@@H]2C(=O)N[C@@H](CCCCCC(=O)c1ncco1)c1ncc(-c2cc(OC3CCC3)ccc2F)[nH]1. The predicted molar refractivity (Wildman–Crippen MR) is 159 cm³/mol. The Morgan fingerprint density at radius 1 is 1.21 bits per heavy atom. The van der Waals surface area contributed by atoms with Crippen molar-refractivity contribution < 1.29 is 23.1 Å². The molecule has 1 spiro atoms. The number of nitrogens with zero attached hydrogens (tertiary/aromatic N) is 3.